The molecule has 2 aromatic carbocycles. The summed E-state index contributed by atoms with van der Waals surface area (Å²) in [6.07, 6.45) is 1.47. The molecule has 1 aliphatic rings. The minimum atomic E-state index is -0.610. The molecule has 2 aromatic rings. The Morgan fingerprint density at radius 1 is 1.13 bits per heavy atom. The Hall–Kier alpha value is -2.82. The third kappa shape index (κ3) is 3.34. The summed E-state index contributed by atoms with van der Waals surface area (Å²) in [7, 11) is 0. The number of anilines is 2. The highest BCUT2D eigenvalue weighted by molar-refractivity contribution is 5.95. The van der Waals surface area contributed by atoms with E-state index >= 15 is 0 Å². The summed E-state index contributed by atoms with van der Waals surface area (Å²) in [5, 5.41) is 3.16. The maximum Gasteiger partial charge on any atom is 0.244 e. The number of benzene rings is 2. The van der Waals surface area contributed by atoms with Gasteiger partial charge in [0, 0.05) is 24.3 Å². The first kappa shape index (κ1) is 15.1. The molecular weight excluding hydrogens is 290 g/mol. The topological polar surface area (TPSA) is 75.4 Å². The summed E-state index contributed by atoms with van der Waals surface area (Å²) < 4.78 is 0. The number of nitrogens with zero attached hydrogens (tertiary/aromatic N) is 1. The van der Waals surface area contributed by atoms with Crippen molar-refractivity contribution in [2.24, 2.45) is 5.73 Å². The molecule has 23 heavy (non-hydrogen) atoms. The minimum Gasteiger partial charge on any atom is -0.370 e. The van der Waals surface area contributed by atoms with Crippen molar-refractivity contribution in [1.29, 1.82) is 0 Å². The van der Waals surface area contributed by atoms with Crippen LogP contribution in [0.25, 0.3) is 0 Å². The molecule has 3 N–H and O–H groups in total. The van der Waals surface area contributed by atoms with Gasteiger partial charge in [-0.3, -0.25) is 9.59 Å². The summed E-state index contributed by atoms with van der Waals surface area (Å²) in [6.45, 7) is 0.736. The molecule has 5 nitrogen and oxygen atoms in total. The van der Waals surface area contributed by atoms with E-state index in [1.54, 1.807) is 4.90 Å². The first-order chi connectivity index (χ1) is 11.1. The van der Waals surface area contributed by atoms with Crippen LogP contribution in [0, 0.1) is 0 Å². The van der Waals surface area contributed by atoms with Crippen LogP contribution in [0.3, 0.4) is 0 Å². The number of nitrogens with one attached hydrogen (secondary N) is 1. The lowest BCUT2D eigenvalue weighted by molar-refractivity contribution is -0.119. The van der Waals surface area contributed by atoms with E-state index in [9.17, 15) is 9.59 Å². The molecule has 0 unspecified atom stereocenters. The lowest BCUT2D eigenvalue weighted by Crippen LogP contribution is -2.28. The second-order valence-corrected chi connectivity index (χ2v) is 5.59. The Balaban J connectivity index is 1.84. The maximum absolute atomic E-state index is 11.9. The van der Waals surface area contributed by atoms with E-state index in [2.05, 4.69) is 5.32 Å². The standard InChI is InChI=1S/C18H19N3O2/c19-18(23)17(13-6-2-1-3-7-13)20-14-8-4-9-15(12-14)21-11-5-10-16(21)22/h1-4,6-9,12,17,20H,5,10-11H2,(H2,19,23)/t17-/m1/s1. The third-order valence-electron chi connectivity index (χ3n) is 3.96. The number of amides is 2. The summed E-state index contributed by atoms with van der Waals surface area (Å²) in [5.41, 5.74) is 7.94. The first-order valence-electron chi connectivity index (χ1n) is 7.66. The molecule has 1 aliphatic heterocycles. The Labute approximate surface area is 135 Å². The van der Waals surface area contributed by atoms with Gasteiger partial charge < -0.3 is 16.0 Å². The van der Waals surface area contributed by atoms with Gasteiger partial charge in [-0.25, -0.2) is 0 Å². The lowest BCUT2D eigenvalue weighted by atomic mass is 10.1. The Morgan fingerprint density at radius 3 is 2.57 bits per heavy atom. The van der Waals surface area contributed by atoms with Gasteiger partial charge in [0.05, 0.1) is 0 Å². The Kier molecular flexibility index (Phi) is 4.28. The molecule has 0 radical (unpaired) electrons. The van der Waals surface area contributed by atoms with Gasteiger partial charge in [0.25, 0.3) is 0 Å². The van der Waals surface area contributed by atoms with Crippen molar-refractivity contribution in [3.8, 4) is 0 Å². The van der Waals surface area contributed by atoms with Crippen molar-refractivity contribution < 1.29 is 9.59 Å². The van der Waals surface area contributed by atoms with Crippen LogP contribution >= 0.6 is 0 Å². The predicted molar refractivity (Wildman–Crippen MR) is 90.0 cm³/mol. The van der Waals surface area contributed by atoms with E-state index in [1.165, 1.54) is 0 Å². The van der Waals surface area contributed by atoms with Gasteiger partial charge in [0.1, 0.15) is 6.04 Å². The largest absolute Gasteiger partial charge is 0.370 e. The van der Waals surface area contributed by atoms with Crippen LogP contribution < -0.4 is 16.0 Å². The zero-order valence-electron chi connectivity index (χ0n) is 12.7. The fourth-order valence-electron chi connectivity index (χ4n) is 2.82. The van der Waals surface area contributed by atoms with Gasteiger partial charge in [-0.2, -0.15) is 0 Å². The smallest absolute Gasteiger partial charge is 0.244 e. The molecule has 3 rings (SSSR count). The van der Waals surface area contributed by atoms with Crippen molar-refractivity contribution in [2.45, 2.75) is 18.9 Å². The highest BCUT2D eigenvalue weighted by Gasteiger charge is 2.22. The van der Waals surface area contributed by atoms with Crippen LogP contribution in [0.15, 0.2) is 54.6 Å². The average Bonchev–Trinajstić information content (AvgIpc) is 2.99. The summed E-state index contributed by atoms with van der Waals surface area (Å²) in [5.74, 6) is -0.310. The molecule has 0 spiro atoms. The van der Waals surface area contributed by atoms with Gasteiger partial charge in [0.2, 0.25) is 11.8 Å². The molecule has 0 aliphatic carbocycles. The van der Waals surface area contributed by atoms with E-state index in [-0.39, 0.29) is 5.91 Å². The first-order valence-corrected chi connectivity index (χ1v) is 7.66. The fraction of sp³-hybridized carbons (Fsp3) is 0.222. The van der Waals surface area contributed by atoms with Crippen LogP contribution in [0.4, 0.5) is 11.4 Å². The number of hydrogen-bond donors (Lipinski definition) is 2. The van der Waals surface area contributed by atoms with Crippen LogP contribution in [0.5, 0.6) is 0 Å². The van der Waals surface area contributed by atoms with E-state index in [0.717, 1.165) is 29.9 Å². The molecule has 1 heterocycles. The van der Waals surface area contributed by atoms with E-state index in [1.807, 2.05) is 54.6 Å². The molecule has 118 valence electrons. The molecule has 1 fully saturated rings. The van der Waals surface area contributed by atoms with Crippen LogP contribution in [-0.2, 0) is 9.59 Å². The molecule has 1 saturated heterocycles. The zero-order valence-corrected chi connectivity index (χ0v) is 12.7. The van der Waals surface area contributed by atoms with Crippen LogP contribution in [0.2, 0.25) is 0 Å². The van der Waals surface area contributed by atoms with E-state index in [0.29, 0.717) is 6.42 Å². The van der Waals surface area contributed by atoms with Crippen molar-refractivity contribution in [1.82, 2.24) is 0 Å². The summed E-state index contributed by atoms with van der Waals surface area (Å²) >= 11 is 0. The highest BCUT2D eigenvalue weighted by atomic mass is 16.2. The highest BCUT2D eigenvalue weighted by Crippen LogP contribution is 2.26. The molecule has 0 saturated carbocycles. The predicted octanol–water partition coefficient (Wildman–Crippen LogP) is 2.45. The van der Waals surface area contributed by atoms with Gasteiger partial charge in [-0.1, -0.05) is 36.4 Å². The number of rotatable bonds is 5. The monoisotopic (exact) mass is 309 g/mol. The number of carbonyl (C=O) groups is 2. The number of carbonyl (C=O) groups excluding carboxylic acids is 2. The van der Waals surface area contributed by atoms with Crippen molar-refractivity contribution in [2.75, 3.05) is 16.8 Å². The molecular formula is C18H19N3O2. The quantitative estimate of drug-likeness (QED) is 0.891. The molecule has 5 heteroatoms. The summed E-state index contributed by atoms with van der Waals surface area (Å²) in [6, 6.07) is 16.2. The summed E-state index contributed by atoms with van der Waals surface area (Å²) in [4.78, 5) is 25.4. The number of primary amides is 1. The fourth-order valence-corrected chi connectivity index (χ4v) is 2.82. The minimum absolute atomic E-state index is 0.136. The van der Waals surface area contributed by atoms with Crippen molar-refractivity contribution in [3.63, 3.8) is 0 Å². The Bertz CT molecular complexity index is 715. The maximum atomic E-state index is 11.9. The second kappa shape index (κ2) is 6.52. The van der Waals surface area contributed by atoms with Crippen LogP contribution in [-0.4, -0.2) is 18.4 Å². The third-order valence-corrected chi connectivity index (χ3v) is 3.96. The van der Waals surface area contributed by atoms with Gasteiger partial charge in [-0.15, -0.1) is 0 Å². The van der Waals surface area contributed by atoms with Gasteiger partial charge >= 0.3 is 0 Å². The molecule has 0 aromatic heterocycles. The van der Waals surface area contributed by atoms with E-state index < -0.39 is 11.9 Å². The molecule has 1 atom stereocenters. The SMILES string of the molecule is NC(=O)[C@H](Nc1cccc(N2CCCC2=O)c1)c1ccccc1. The van der Waals surface area contributed by atoms with Gasteiger partial charge in [-0.05, 0) is 30.2 Å². The second-order valence-electron chi connectivity index (χ2n) is 5.59. The molecule has 0 bridgehead atoms. The number of hydrogen-bond acceptors (Lipinski definition) is 3. The van der Waals surface area contributed by atoms with Crippen molar-refractivity contribution >= 4 is 23.2 Å². The normalized spacial score (nSPS) is 15.5. The van der Waals surface area contributed by atoms with E-state index in [4.69, 9.17) is 5.73 Å². The molecule has 2 amide bonds. The Morgan fingerprint density at radius 2 is 1.91 bits per heavy atom. The lowest BCUT2D eigenvalue weighted by Gasteiger charge is -2.20. The van der Waals surface area contributed by atoms with Gasteiger partial charge in [0.15, 0.2) is 0 Å². The van der Waals surface area contributed by atoms with Crippen molar-refractivity contribution in [3.05, 3.63) is 60.2 Å². The number of nitrogens with two attached hydrogens (primary N) is 1. The zero-order chi connectivity index (χ0) is 16.2. The average molecular weight is 309 g/mol. The van der Waals surface area contributed by atoms with Crippen LogP contribution in [0.1, 0.15) is 24.4 Å².